The predicted molar refractivity (Wildman–Crippen MR) is 160 cm³/mol. The molecule has 3 unspecified atom stereocenters. The number of amides is 1. The summed E-state index contributed by atoms with van der Waals surface area (Å²) in [5.41, 5.74) is 1.55. The lowest BCUT2D eigenvalue weighted by Gasteiger charge is -2.70. The van der Waals surface area contributed by atoms with Crippen molar-refractivity contribution in [1.29, 1.82) is 0 Å². The average molecular weight is 561 g/mol. The molecule has 0 aromatic carbocycles. The van der Waals surface area contributed by atoms with Gasteiger partial charge in [0.15, 0.2) is 11.5 Å². The minimum Gasteiger partial charge on any atom is -0.360 e. The van der Waals surface area contributed by atoms with E-state index in [2.05, 4.69) is 64.6 Å². The molecular formula is C36H52N2O3. The normalized spacial score (nSPS) is 49.1. The van der Waals surface area contributed by atoms with E-state index in [1.165, 1.54) is 31.3 Å². The third kappa shape index (κ3) is 3.38. The standard InChI is InChI=1S/C36H52N2O3/c1-22-11-13-32(3)15-16-34(5)25(28(32)23(22)2)19-26(39)29-33(4)20-24-21-37-41-30(24)36(7,27(33)12-14-35(29,34)6)31(40)38-17-9-8-10-18-38/h19,21-23,27-29H,8-18,20H2,1-7H3/t22-,23+,27?,28?,29?,32-,33+,34-,35-,36-/m1/s1. The number of carbonyl (C=O) groups excluding carboxylic acids is 2. The molecule has 6 aliphatic rings. The average Bonchev–Trinajstić information content (AvgIpc) is 3.41. The number of piperidine rings is 1. The summed E-state index contributed by atoms with van der Waals surface area (Å²) in [7, 11) is 0. The summed E-state index contributed by atoms with van der Waals surface area (Å²) < 4.78 is 5.97. The molecule has 5 aliphatic carbocycles. The molecule has 10 atom stereocenters. The van der Waals surface area contributed by atoms with E-state index in [0.29, 0.717) is 29.0 Å². The number of rotatable bonds is 1. The maximum atomic E-state index is 14.8. The molecule has 1 aromatic heterocycles. The molecular weight excluding hydrogens is 508 g/mol. The maximum absolute atomic E-state index is 14.8. The molecule has 5 heteroatoms. The summed E-state index contributed by atoms with van der Waals surface area (Å²) in [6.07, 6.45) is 15.0. The molecule has 0 radical (unpaired) electrons. The van der Waals surface area contributed by atoms with Crippen LogP contribution in [0.25, 0.3) is 0 Å². The van der Waals surface area contributed by atoms with Crippen molar-refractivity contribution in [2.45, 2.75) is 118 Å². The Hall–Kier alpha value is -1.91. The zero-order valence-electron chi connectivity index (χ0n) is 26.6. The quantitative estimate of drug-likeness (QED) is 0.356. The lowest BCUT2D eigenvalue weighted by molar-refractivity contribution is -0.180. The molecule has 224 valence electrons. The van der Waals surface area contributed by atoms with E-state index in [1.807, 2.05) is 6.20 Å². The SMILES string of the molecule is C[C@@H]1CC[C@]2(C)CC[C@]3(C)C(=CC(=O)C4[C@@]5(C)Cc6cnoc6[C@](C)(C(=O)N6CCCCC6)C5CC[C@]43C)C2[C@H]1C. The molecule has 41 heavy (non-hydrogen) atoms. The van der Waals surface area contributed by atoms with Crippen LogP contribution in [0.3, 0.4) is 0 Å². The summed E-state index contributed by atoms with van der Waals surface area (Å²) in [5.74, 6) is 3.00. The fourth-order valence-electron chi connectivity index (χ4n) is 12.3. The molecule has 0 bridgehead atoms. The van der Waals surface area contributed by atoms with Gasteiger partial charge in [0, 0.05) is 24.6 Å². The van der Waals surface area contributed by atoms with Crippen molar-refractivity contribution >= 4 is 11.7 Å². The fraction of sp³-hybridized carbons (Fsp3) is 0.806. The predicted octanol–water partition coefficient (Wildman–Crippen LogP) is 7.54. The van der Waals surface area contributed by atoms with Gasteiger partial charge in [-0.3, -0.25) is 9.59 Å². The van der Waals surface area contributed by atoms with Gasteiger partial charge < -0.3 is 9.42 Å². The van der Waals surface area contributed by atoms with Gasteiger partial charge in [-0.05, 0) is 123 Å². The van der Waals surface area contributed by atoms with Gasteiger partial charge >= 0.3 is 0 Å². The van der Waals surface area contributed by atoms with Gasteiger partial charge in [-0.25, -0.2) is 0 Å². The van der Waals surface area contributed by atoms with Crippen LogP contribution in [0, 0.1) is 51.2 Å². The molecule has 1 saturated heterocycles. The lowest BCUT2D eigenvalue weighted by atomic mass is 9.33. The number of carbonyl (C=O) groups is 2. The molecule has 0 spiro atoms. The summed E-state index contributed by atoms with van der Waals surface area (Å²) in [6, 6.07) is 0. The van der Waals surface area contributed by atoms with Crippen molar-refractivity contribution in [1.82, 2.24) is 10.1 Å². The Labute approximate surface area is 247 Å². The van der Waals surface area contributed by atoms with Crippen LogP contribution >= 0.6 is 0 Å². The Morgan fingerprint density at radius 1 is 0.976 bits per heavy atom. The Morgan fingerprint density at radius 2 is 1.71 bits per heavy atom. The van der Waals surface area contributed by atoms with Crippen LogP contribution in [0.15, 0.2) is 22.4 Å². The van der Waals surface area contributed by atoms with E-state index in [-0.39, 0.29) is 34.0 Å². The van der Waals surface area contributed by atoms with E-state index in [9.17, 15) is 9.59 Å². The van der Waals surface area contributed by atoms with Gasteiger partial charge in [0.25, 0.3) is 0 Å². The van der Waals surface area contributed by atoms with Crippen molar-refractivity contribution in [3.63, 3.8) is 0 Å². The highest BCUT2D eigenvalue weighted by molar-refractivity contribution is 5.96. The van der Waals surface area contributed by atoms with Gasteiger partial charge in [-0.15, -0.1) is 0 Å². The molecule has 4 fully saturated rings. The van der Waals surface area contributed by atoms with Crippen LogP contribution in [-0.2, 0) is 21.4 Å². The number of likely N-dealkylation sites (tertiary alicyclic amines) is 1. The maximum Gasteiger partial charge on any atom is 0.236 e. The molecule has 1 aromatic rings. The number of nitrogens with zero attached hydrogens (tertiary/aromatic N) is 2. The van der Waals surface area contributed by atoms with Gasteiger partial charge in [-0.1, -0.05) is 52.3 Å². The van der Waals surface area contributed by atoms with E-state index < -0.39 is 5.41 Å². The second-order valence-electron chi connectivity index (χ2n) is 16.7. The lowest BCUT2D eigenvalue weighted by Crippen LogP contribution is -2.68. The van der Waals surface area contributed by atoms with E-state index >= 15 is 0 Å². The minimum absolute atomic E-state index is 0.00272. The van der Waals surface area contributed by atoms with Crippen molar-refractivity contribution in [2.24, 2.45) is 51.2 Å². The summed E-state index contributed by atoms with van der Waals surface area (Å²) in [6.45, 7) is 18.5. The van der Waals surface area contributed by atoms with Crippen LogP contribution in [0.1, 0.15) is 118 Å². The number of fused-ring (bicyclic) bond motifs is 8. The van der Waals surface area contributed by atoms with Crippen LogP contribution in [0.2, 0.25) is 0 Å². The van der Waals surface area contributed by atoms with Gasteiger partial charge in [-0.2, -0.15) is 0 Å². The highest BCUT2D eigenvalue weighted by Crippen LogP contribution is 2.74. The molecule has 1 amide bonds. The van der Waals surface area contributed by atoms with Gasteiger partial charge in [0.1, 0.15) is 5.41 Å². The second kappa shape index (κ2) is 8.82. The smallest absolute Gasteiger partial charge is 0.236 e. The molecule has 1 aliphatic heterocycles. The Bertz CT molecular complexity index is 1310. The minimum atomic E-state index is -0.791. The number of hydrogen-bond acceptors (Lipinski definition) is 4. The highest BCUT2D eigenvalue weighted by atomic mass is 16.5. The number of allylic oxidation sites excluding steroid dienone is 2. The van der Waals surface area contributed by atoms with E-state index in [0.717, 1.165) is 62.9 Å². The van der Waals surface area contributed by atoms with Crippen LogP contribution < -0.4 is 0 Å². The fourth-order valence-corrected chi connectivity index (χ4v) is 12.3. The summed E-state index contributed by atoms with van der Waals surface area (Å²) in [5, 5.41) is 4.26. The third-order valence-electron chi connectivity index (χ3n) is 14.9. The molecule has 2 heterocycles. The zero-order valence-corrected chi connectivity index (χ0v) is 26.6. The van der Waals surface area contributed by atoms with E-state index in [1.54, 1.807) is 0 Å². The van der Waals surface area contributed by atoms with Gasteiger partial charge in [0.05, 0.1) is 6.20 Å². The van der Waals surface area contributed by atoms with Crippen LogP contribution in [0.4, 0.5) is 0 Å². The topological polar surface area (TPSA) is 63.4 Å². The third-order valence-corrected chi connectivity index (χ3v) is 14.9. The highest BCUT2D eigenvalue weighted by Gasteiger charge is 2.72. The van der Waals surface area contributed by atoms with Gasteiger partial charge in [0.2, 0.25) is 5.91 Å². The first-order chi connectivity index (χ1) is 19.3. The van der Waals surface area contributed by atoms with E-state index in [4.69, 9.17) is 4.52 Å². The Balaban J connectivity index is 1.36. The monoisotopic (exact) mass is 560 g/mol. The molecule has 7 rings (SSSR count). The second-order valence-corrected chi connectivity index (χ2v) is 16.7. The van der Waals surface area contributed by atoms with Crippen LogP contribution in [-0.4, -0.2) is 34.8 Å². The van der Waals surface area contributed by atoms with Crippen LogP contribution in [0.5, 0.6) is 0 Å². The van der Waals surface area contributed by atoms with Crippen molar-refractivity contribution in [3.8, 4) is 0 Å². The zero-order chi connectivity index (χ0) is 29.2. The first kappa shape index (κ1) is 27.9. The number of hydrogen-bond donors (Lipinski definition) is 0. The molecule has 5 nitrogen and oxygen atoms in total. The summed E-state index contributed by atoms with van der Waals surface area (Å²) in [4.78, 5) is 31.4. The Morgan fingerprint density at radius 3 is 2.44 bits per heavy atom. The Kier molecular flexibility index (Phi) is 6.00. The van der Waals surface area contributed by atoms with Crippen molar-refractivity contribution < 1.29 is 14.1 Å². The number of aromatic nitrogens is 1. The summed E-state index contributed by atoms with van der Waals surface area (Å²) >= 11 is 0. The van der Waals surface area contributed by atoms with Crippen molar-refractivity contribution in [3.05, 3.63) is 29.2 Å². The molecule has 3 saturated carbocycles. The number of ketones is 1. The first-order valence-corrected chi connectivity index (χ1v) is 16.8. The largest absolute Gasteiger partial charge is 0.360 e. The molecule has 0 N–H and O–H groups in total. The van der Waals surface area contributed by atoms with Crippen molar-refractivity contribution in [2.75, 3.05) is 13.1 Å². The first-order valence-electron chi connectivity index (χ1n) is 16.8.